The van der Waals surface area contributed by atoms with E-state index < -0.39 is 0 Å². The zero-order chi connectivity index (χ0) is 14.8. The van der Waals surface area contributed by atoms with Crippen molar-refractivity contribution in [1.29, 1.82) is 0 Å². The van der Waals surface area contributed by atoms with Gasteiger partial charge in [0, 0.05) is 11.6 Å². The molecule has 0 amide bonds. The second kappa shape index (κ2) is 9.61. The molecule has 5 heteroatoms. The molecule has 1 rings (SSSR count). The van der Waals surface area contributed by atoms with Crippen molar-refractivity contribution in [1.82, 2.24) is 4.90 Å². The fraction of sp³-hybridized carbons (Fsp3) is 0.533. The van der Waals surface area contributed by atoms with Gasteiger partial charge in [-0.25, -0.2) is 0 Å². The van der Waals surface area contributed by atoms with E-state index in [4.69, 9.17) is 16.3 Å². The van der Waals surface area contributed by atoms with Crippen LogP contribution in [0.1, 0.15) is 19.8 Å². The molecule has 1 aromatic carbocycles. The van der Waals surface area contributed by atoms with Crippen LogP contribution in [0.2, 0.25) is 5.02 Å². The van der Waals surface area contributed by atoms with Crippen LogP contribution in [-0.4, -0.2) is 44.2 Å². The molecule has 20 heavy (non-hydrogen) atoms. The zero-order valence-electron chi connectivity index (χ0n) is 12.1. The molecule has 0 aliphatic carbocycles. The lowest BCUT2D eigenvalue weighted by Gasteiger charge is -2.20. The predicted octanol–water partition coefficient (Wildman–Crippen LogP) is 2.99. The van der Waals surface area contributed by atoms with Crippen LogP contribution in [-0.2, 0) is 9.53 Å². The molecule has 0 saturated heterocycles. The fourth-order valence-corrected chi connectivity index (χ4v) is 1.97. The summed E-state index contributed by atoms with van der Waals surface area (Å²) in [5.41, 5.74) is 0. The maximum absolute atomic E-state index is 11.3. The van der Waals surface area contributed by atoms with Gasteiger partial charge < -0.3 is 9.47 Å². The van der Waals surface area contributed by atoms with Crippen LogP contribution in [0.3, 0.4) is 0 Å². The van der Waals surface area contributed by atoms with Crippen molar-refractivity contribution in [2.45, 2.75) is 19.8 Å². The Morgan fingerprint density at radius 2 is 1.95 bits per heavy atom. The summed E-state index contributed by atoms with van der Waals surface area (Å²) in [7, 11) is 1.41. The summed E-state index contributed by atoms with van der Waals surface area (Å²) in [4.78, 5) is 13.4. The minimum Gasteiger partial charge on any atom is -0.494 e. The Morgan fingerprint density at radius 3 is 2.55 bits per heavy atom. The molecule has 0 atom stereocenters. The highest BCUT2D eigenvalue weighted by atomic mass is 35.5. The van der Waals surface area contributed by atoms with Crippen molar-refractivity contribution in [2.24, 2.45) is 0 Å². The molecule has 0 unspecified atom stereocenters. The second-order valence-electron chi connectivity index (χ2n) is 4.51. The fourth-order valence-electron chi connectivity index (χ4n) is 1.84. The molecule has 0 bridgehead atoms. The third-order valence-electron chi connectivity index (χ3n) is 2.82. The first-order valence-corrected chi connectivity index (χ1v) is 7.21. The zero-order valence-corrected chi connectivity index (χ0v) is 12.9. The van der Waals surface area contributed by atoms with E-state index in [0.29, 0.717) is 18.2 Å². The van der Waals surface area contributed by atoms with Gasteiger partial charge >= 0.3 is 5.97 Å². The molecule has 0 radical (unpaired) electrons. The van der Waals surface area contributed by atoms with Crippen LogP contribution in [0.25, 0.3) is 0 Å². The summed E-state index contributed by atoms with van der Waals surface area (Å²) in [6.07, 6.45) is 1.87. The van der Waals surface area contributed by atoms with Crippen molar-refractivity contribution in [3.63, 3.8) is 0 Å². The van der Waals surface area contributed by atoms with Crippen molar-refractivity contribution in [2.75, 3.05) is 33.4 Å². The van der Waals surface area contributed by atoms with Crippen molar-refractivity contribution < 1.29 is 14.3 Å². The van der Waals surface area contributed by atoms with E-state index in [-0.39, 0.29) is 5.97 Å². The van der Waals surface area contributed by atoms with Gasteiger partial charge in [-0.1, -0.05) is 18.5 Å². The lowest BCUT2D eigenvalue weighted by Crippen LogP contribution is -2.32. The second-order valence-corrected chi connectivity index (χ2v) is 4.94. The van der Waals surface area contributed by atoms with Crippen molar-refractivity contribution >= 4 is 17.6 Å². The molecule has 0 heterocycles. The van der Waals surface area contributed by atoms with Crippen molar-refractivity contribution in [3.8, 4) is 5.75 Å². The highest BCUT2D eigenvalue weighted by Crippen LogP contribution is 2.15. The quantitative estimate of drug-likeness (QED) is 0.519. The number of carbonyl (C=O) groups excluding carboxylic acids is 1. The predicted molar refractivity (Wildman–Crippen MR) is 80.3 cm³/mol. The largest absolute Gasteiger partial charge is 0.494 e. The van der Waals surface area contributed by atoms with Crippen LogP contribution < -0.4 is 4.74 Å². The van der Waals surface area contributed by atoms with E-state index in [2.05, 4.69) is 16.6 Å². The smallest absolute Gasteiger partial charge is 0.319 e. The summed E-state index contributed by atoms with van der Waals surface area (Å²) in [5.74, 6) is 0.612. The van der Waals surface area contributed by atoms with Crippen LogP contribution in [0, 0.1) is 0 Å². The van der Waals surface area contributed by atoms with Gasteiger partial charge in [0.15, 0.2) is 0 Å². The van der Waals surface area contributed by atoms with Gasteiger partial charge in [0.2, 0.25) is 0 Å². The van der Waals surface area contributed by atoms with E-state index >= 15 is 0 Å². The third-order valence-corrected chi connectivity index (χ3v) is 3.07. The molecule has 0 aliphatic heterocycles. The maximum Gasteiger partial charge on any atom is 0.319 e. The van der Waals surface area contributed by atoms with Gasteiger partial charge in [-0.05, 0) is 43.7 Å². The molecule has 0 spiro atoms. The molecule has 0 fully saturated rings. The molecule has 112 valence electrons. The van der Waals surface area contributed by atoms with Crippen LogP contribution >= 0.6 is 11.6 Å². The molecule has 1 aromatic rings. The van der Waals surface area contributed by atoms with Gasteiger partial charge in [0.25, 0.3) is 0 Å². The first-order valence-electron chi connectivity index (χ1n) is 6.83. The van der Waals surface area contributed by atoms with Crippen molar-refractivity contribution in [3.05, 3.63) is 29.3 Å². The Labute approximate surface area is 125 Å². The van der Waals surface area contributed by atoms with E-state index in [1.54, 1.807) is 12.1 Å². The Balaban J connectivity index is 2.26. The number of benzene rings is 1. The average molecular weight is 300 g/mol. The SMILES string of the molecule is CCCN(CCCOc1ccc(Cl)cc1)CC(=O)OC. The van der Waals surface area contributed by atoms with E-state index in [1.807, 2.05) is 12.1 Å². The maximum atomic E-state index is 11.3. The van der Waals surface area contributed by atoms with Crippen LogP contribution in [0.4, 0.5) is 0 Å². The Morgan fingerprint density at radius 1 is 1.25 bits per heavy atom. The molecule has 0 aliphatic rings. The Bertz CT molecular complexity index is 395. The van der Waals surface area contributed by atoms with Gasteiger partial charge in [-0.15, -0.1) is 0 Å². The number of rotatable bonds is 9. The number of nitrogens with zero attached hydrogens (tertiary/aromatic N) is 1. The first-order chi connectivity index (χ1) is 9.65. The van der Waals surface area contributed by atoms with E-state index in [9.17, 15) is 4.79 Å². The summed E-state index contributed by atoms with van der Waals surface area (Å²) >= 11 is 5.81. The molecular formula is C15H22ClNO3. The monoisotopic (exact) mass is 299 g/mol. The summed E-state index contributed by atoms with van der Waals surface area (Å²) < 4.78 is 10.3. The van der Waals surface area contributed by atoms with Gasteiger partial charge in [0.1, 0.15) is 5.75 Å². The number of ether oxygens (including phenoxy) is 2. The highest BCUT2D eigenvalue weighted by Gasteiger charge is 2.09. The highest BCUT2D eigenvalue weighted by molar-refractivity contribution is 6.30. The number of methoxy groups -OCH3 is 1. The topological polar surface area (TPSA) is 38.8 Å². The molecular weight excluding hydrogens is 278 g/mol. The summed E-state index contributed by atoms with van der Waals surface area (Å²) in [6, 6.07) is 7.30. The van der Waals surface area contributed by atoms with E-state index in [0.717, 1.165) is 31.7 Å². The number of hydrogen-bond acceptors (Lipinski definition) is 4. The Kier molecular flexibility index (Phi) is 8.07. The normalized spacial score (nSPS) is 10.6. The molecule has 0 saturated carbocycles. The number of hydrogen-bond donors (Lipinski definition) is 0. The summed E-state index contributed by atoms with van der Waals surface area (Å²) in [6.45, 7) is 4.75. The molecule has 0 N–H and O–H groups in total. The van der Waals surface area contributed by atoms with Crippen LogP contribution in [0.5, 0.6) is 5.75 Å². The van der Waals surface area contributed by atoms with Gasteiger partial charge in [-0.2, -0.15) is 0 Å². The van der Waals surface area contributed by atoms with E-state index in [1.165, 1.54) is 7.11 Å². The Hall–Kier alpha value is -1.26. The minimum absolute atomic E-state index is 0.197. The van der Waals surface area contributed by atoms with Crippen LogP contribution in [0.15, 0.2) is 24.3 Å². The lowest BCUT2D eigenvalue weighted by molar-refractivity contribution is -0.141. The first kappa shape index (κ1) is 16.8. The van der Waals surface area contributed by atoms with Gasteiger partial charge in [-0.3, -0.25) is 9.69 Å². The third kappa shape index (κ3) is 6.78. The number of esters is 1. The molecule has 4 nitrogen and oxygen atoms in total. The van der Waals surface area contributed by atoms with Gasteiger partial charge in [0.05, 0.1) is 20.3 Å². The molecule has 0 aromatic heterocycles. The lowest BCUT2D eigenvalue weighted by atomic mass is 10.3. The minimum atomic E-state index is -0.197. The summed E-state index contributed by atoms with van der Waals surface area (Å²) in [5, 5.41) is 0.699. The number of halogens is 1. The standard InChI is InChI=1S/C15H22ClNO3/c1-3-9-17(12-15(18)19-2)10-4-11-20-14-7-5-13(16)6-8-14/h5-8H,3-4,9-12H2,1-2H3. The average Bonchev–Trinajstić information content (AvgIpc) is 2.45. The number of carbonyl (C=O) groups is 1.